The van der Waals surface area contributed by atoms with Crippen molar-refractivity contribution in [1.82, 2.24) is 14.2 Å². The minimum Gasteiger partial charge on any atom is -0.452 e. The molecule has 0 aliphatic heterocycles. The Bertz CT molecular complexity index is 1690. The number of nitrogens with two attached hydrogens (primary N) is 1. The van der Waals surface area contributed by atoms with E-state index in [2.05, 4.69) is 4.98 Å². The molecule has 0 radical (unpaired) electrons. The van der Waals surface area contributed by atoms with Gasteiger partial charge in [0.1, 0.15) is 0 Å². The number of aromatic nitrogens is 1. The van der Waals surface area contributed by atoms with Crippen LogP contribution < -0.4 is 5.73 Å². The molecule has 1 aromatic heterocycles. The first-order valence-electron chi connectivity index (χ1n) is 16.2. The van der Waals surface area contributed by atoms with Gasteiger partial charge in [0.15, 0.2) is 0 Å². The van der Waals surface area contributed by atoms with Gasteiger partial charge in [-0.3, -0.25) is 4.79 Å². The zero-order valence-corrected chi connectivity index (χ0v) is 29.6. The lowest BCUT2D eigenvalue weighted by molar-refractivity contribution is -0.132. The normalized spacial score (nSPS) is 13.9. The lowest BCUT2D eigenvalue weighted by atomic mass is 9.84. The van der Waals surface area contributed by atoms with Crippen molar-refractivity contribution in [2.75, 3.05) is 20.3 Å². The van der Waals surface area contributed by atoms with Gasteiger partial charge < -0.3 is 15.6 Å². The summed E-state index contributed by atoms with van der Waals surface area (Å²) in [5, 5.41) is 10.5. The number of imide groups is 1. The third-order valence-electron chi connectivity index (χ3n) is 8.62. The van der Waals surface area contributed by atoms with Crippen molar-refractivity contribution in [3.05, 3.63) is 95.5 Å². The van der Waals surface area contributed by atoms with Gasteiger partial charge in [-0.2, -0.15) is 4.31 Å². The molecule has 258 valence electrons. The predicted octanol–water partition coefficient (Wildman–Crippen LogP) is 6.01. The van der Waals surface area contributed by atoms with Crippen LogP contribution in [0.1, 0.15) is 63.5 Å². The second-order valence-electron chi connectivity index (χ2n) is 12.4. The molecule has 4 aromatic rings. The van der Waals surface area contributed by atoms with E-state index in [0.717, 1.165) is 26.2 Å². The first-order valence-corrected chi connectivity index (χ1v) is 18.5. The third-order valence-corrected chi connectivity index (χ3v) is 11.4. The minimum absolute atomic E-state index is 0.151. The smallest absolute Gasteiger partial charge is 0.416 e. The van der Waals surface area contributed by atoms with Gasteiger partial charge >= 0.3 is 6.09 Å². The molecule has 3 atom stereocenters. The number of sulfonamides is 1. The van der Waals surface area contributed by atoms with Crippen LogP contribution in [0.3, 0.4) is 0 Å². The molecule has 0 saturated heterocycles. The maximum absolute atomic E-state index is 14.0. The Balaban J connectivity index is 1.53. The highest BCUT2D eigenvalue weighted by molar-refractivity contribution is 7.89. The fourth-order valence-electron chi connectivity index (χ4n) is 5.94. The van der Waals surface area contributed by atoms with Crippen LogP contribution in [0.15, 0.2) is 89.3 Å². The molecule has 0 fully saturated rings. The SMILES string of the molecule is COC(=O)N(C(=O)[C@@H](N)C(c1ccccc1)c1ccccc1)[C@@H](C)CCC[C@@H](CO)N(CCC(C)C)S(=O)(=O)c1ccc2ncsc2c1. The Kier molecular flexibility index (Phi) is 13.2. The largest absolute Gasteiger partial charge is 0.452 e. The molecule has 0 aliphatic carbocycles. The molecule has 0 saturated carbocycles. The van der Waals surface area contributed by atoms with Crippen LogP contribution in [0.2, 0.25) is 0 Å². The molecule has 0 aliphatic rings. The summed E-state index contributed by atoms with van der Waals surface area (Å²) in [6.45, 7) is 5.64. The van der Waals surface area contributed by atoms with E-state index in [9.17, 15) is 23.1 Å². The first-order chi connectivity index (χ1) is 23.0. The number of nitrogens with zero attached hydrogens (tertiary/aromatic N) is 3. The van der Waals surface area contributed by atoms with Gasteiger partial charge in [-0.15, -0.1) is 11.3 Å². The molecule has 48 heavy (non-hydrogen) atoms. The number of hydrogen-bond acceptors (Lipinski definition) is 9. The average molecular weight is 695 g/mol. The highest BCUT2D eigenvalue weighted by atomic mass is 32.2. The van der Waals surface area contributed by atoms with E-state index in [-0.39, 0.29) is 24.0 Å². The van der Waals surface area contributed by atoms with Crippen molar-refractivity contribution < 1.29 is 27.9 Å². The van der Waals surface area contributed by atoms with Crippen LogP contribution in [0, 0.1) is 5.92 Å². The van der Waals surface area contributed by atoms with Crippen LogP contribution in [0.5, 0.6) is 0 Å². The summed E-state index contributed by atoms with van der Waals surface area (Å²) in [5.41, 5.74) is 10.8. The molecular weight excluding hydrogens is 649 g/mol. The summed E-state index contributed by atoms with van der Waals surface area (Å²) in [6.07, 6.45) is 0.871. The Labute approximate surface area is 287 Å². The number of aliphatic hydroxyl groups is 1. The van der Waals surface area contributed by atoms with Gasteiger partial charge in [0.25, 0.3) is 0 Å². The van der Waals surface area contributed by atoms with Crippen molar-refractivity contribution in [3.63, 3.8) is 0 Å². The van der Waals surface area contributed by atoms with Crippen LogP contribution in [0.4, 0.5) is 4.79 Å². The Morgan fingerprint density at radius 2 is 1.56 bits per heavy atom. The highest BCUT2D eigenvalue weighted by Gasteiger charge is 2.37. The number of rotatable bonds is 16. The number of methoxy groups -OCH3 is 1. The molecule has 12 heteroatoms. The van der Waals surface area contributed by atoms with E-state index in [1.165, 1.54) is 22.8 Å². The Morgan fingerprint density at radius 1 is 0.938 bits per heavy atom. The van der Waals surface area contributed by atoms with Gasteiger partial charge in [0.2, 0.25) is 15.9 Å². The first kappa shape index (κ1) is 37.1. The number of carbonyl (C=O) groups excluding carboxylic acids is 2. The van der Waals surface area contributed by atoms with Gasteiger partial charge in [-0.05, 0) is 67.9 Å². The standard InChI is InChI=1S/C36H46N4O6S2/c1-25(2)20-21-39(48(44,45)30-18-19-31-32(22-30)47-24-38-31)29(23-41)17-11-12-26(3)40(36(43)46-4)35(42)34(37)33(27-13-7-5-8-14-27)28-15-9-6-10-16-28/h5-10,13-16,18-19,22,24-26,29,33-34,41H,11-12,17,20-21,23,37H2,1-4H3/t26-,29-,34-/m0/s1. The number of fused-ring (bicyclic) bond motifs is 1. The van der Waals surface area contributed by atoms with Crippen molar-refractivity contribution in [2.24, 2.45) is 11.7 Å². The molecular formula is C36H46N4O6S2. The minimum atomic E-state index is -3.95. The summed E-state index contributed by atoms with van der Waals surface area (Å²) in [5.74, 6) is -0.849. The lowest BCUT2D eigenvalue weighted by Gasteiger charge is -2.33. The van der Waals surface area contributed by atoms with E-state index >= 15 is 0 Å². The average Bonchev–Trinajstić information content (AvgIpc) is 3.56. The number of benzene rings is 3. The fourth-order valence-corrected chi connectivity index (χ4v) is 8.42. The quantitative estimate of drug-likeness (QED) is 0.145. The van der Waals surface area contributed by atoms with E-state index in [1.807, 2.05) is 74.5 Å². The summed E-state index contributed by atoms with van der Waals surface area (Å²) in [6, 6.07) is 21.4. The Morgan fingerprint density at radius 3 is 2.12 bits per heavy atom. The van der Waals surface area contributed by atoms with Crippen LogP contribution in [0.25, 0.3) is 10.2 Å². The maximum Gasteiger partial charge on any atom is 0.416 e. The summed E-state index contributed by atoms with van der Waals surface area (Å²) in [4.78, 5) is 32.5. The number of thiazole rings is 1. The van der Waals surface area contributed by atoms with Gasteiger partial charge in [0, 0.05) is 24.5 Å². The lowest BCUT2D eigenvalue weighted by Crippen LogP contribution is -2.53. The molecule has 4 rings (SSSR count). The van der Waals surface area contributed by atoms with Crippen LogP contribution in [-0.2, 0) is 19.6 Å². The van der Waals surface area contributed by atoms with Crippen molar-refractivity contribution in [3.8, 4) is 0 Å². The summed E-state index contributed by atoms with van der Waals surface area (Å²) >= 11 is 1.37. The van der Waals surface area contributed by atoms with Crippen molar-refractivity contribution in [1.29, 1.82) is 0 Å². The topological polar surface area (TPSA) is 143 Å². The fraction of sp³-hybridized carbons (Fsp3) is 0.417. The molecule has 0 bridgehead atoms. The van der Waals surface area contributed by atoms with E-state index in [0.29, 0.717) is 25.7 Å². The highest BCUT2D eigenvalue weighted by Crippen LogP contribution is 2.30. The molecule has 3 aromatic carbocycles. The number of ether oxygens (including phenoxy) is 1. The van der Waals surface area contributed by atoms with Gasteiger partial charge in [-0.25, -0.2) is 23.1 Å². The number of amides is 2. The molecule has 2 amide bonds. The number of hydrogen-bond donors (Lipinski definition) is 2. The molecule has 1 heterocycles. The Hall–Kier alpha value is -3.68. The summed E-state index contributed by atoms with van der Waals surface area (Å²) < 4.78 is 35.1. The van der Waals surface area contributed by atoms with E-state index in [1.54, 1.807) is 30.6 Å². The third kappa shape index (κ3) is 8.86. The van der Waals surface area contributed by atoms with Crippen molar-refractivity contribution in [2.45, 2.75) is 75.4 Å². The second kappa shape index (κ2) is 17.1. The van der Waals surface area contributed by atoms with E-state index in [4.69, 9.17) is 10.5 Å². The number of carbonyl (C=O) groups is 2. The molecule has 0 spiro atoms. The second-order valence-corrected chi connectivity index (χ2v) is 15.2. The van der Waals surface area contributed by atoms with E-state index < -0.39 is 46.1 Å². The summed E-state index contributed by atoms with van der Waals surface area (Å²) in [7, 11) is -2.73. The van der Waals surface area contributed by atoms with Gasteiger partial charge in [0.05, 0.1) is 40.4 Å². The molecule has 0 unspecified atom stereocenters. The van der Waals surface area contributed by atoms with Gasteiger partial charge in [-0.1, -0.05) is 74.5 Å². The zero-order valence-electron chi connectivity index (χ0n) is 27.9. The molecule has 3 N–H and O–H groups in total. The predicted molar refractivity (Wildman–Crippen MR) is 189 cm³/mol. The number of aliphatic hydroxyl groups excluding tert-OH is 1. The van der Waals surface area contributed by atoms with Crippen LogP contribution in [-0.4, -0.2) is 78.1 Å². The van der Waals surface area contributed by atoms with Crippen molar-refractivity contribution >= 4 is 43.6 Å². The monoisotopic (exact) mass is 694 g/mol. The molecule has 10 nitrogen and oxygen atoms in total. The maximum atomic E-state index is 14.0. The van der Waals surface area contributed by atoms with Crippen LogP contribution >= 0.6 is 11.3 Å². The zero-order chi connectivity index (χ0) is 34.8.